The van der Waals surface area contributed by atoms with Gasteiger partial charge in [-0.05, 0) is 0 Å². The van der Waals surface area contributed by atoms with Crippen LogP contribution in [0, 0.1) is 0 Å². The minimum atomic E-state index is -0.387. The van der Waals surface area contributed by atoms with E-state index in [9.17, 15) is 4.79 Å². The molecule has 0 saturated carbocycles. The van der Waals surface area contributed by atoms with Gasteiger partial charge in [0.15, 0.2) is 5.75 Å². The zero-order chi connectivity index (χ0) is 11.0. The molecule has 0 spiro atoms. The first-order chi connectivity index (χ1) is 7.84. The quantitative estimate of drug-likeness (QED) is 0.774. The Balaban J connectivity index is 1.99. The van der Waals surface area contributed by atoms with Crippen molar-refractivity contribution in [2.75, 3.05) is 6.54 Å². The molecule has 0 aromatic heterocycles. The average molecular weight is 218 g/mol. The molecule has 82 valence electrons. The fraction of sp³-hybridized carbons (Fsp3) is 0.273. The summed E-state index contributed by atoms with van der Waals surface area (Å²) in [6, 6.07) is 5.81. The SMILES string of the molecule is O=C1NCC(c2cccc3c2ON=CC3)O1. The van der Waals surface area contributed by atoms with E-state index in [0.717, 1.165) is 17.5 Å². The number of hydrogen-bond acceptors (Lipinski definition) is 4. The van der Waals surface area contributed by atoms with Crippen molar-refractivity contribution in [3.05, 3.63) is 29.3 Å². The van der Waals surface area contributed by atoms with Gasteiger partial charge in [0.1, 0.15) is 6.10 Å². The number of hydrogen-bond donors (Lipinski definition) is 1. The monoisotopic (exact) mass is 218 g/mol. The van der Waals surface area contributed by atoms with Crippen LogP contribution in [-0.2, 0) is 11.2 Å². The zero-order valence-corrected chi connectivity index (χ0v) is 8.47. The number of fused-ring (bicyclic) bond motifs is 1. The molecule has 1 aromatic carbocycles. The third-order valence-electron chi connectivity index (χ3n) is 2.68. The number of carbonyl (C=O) groups excluding carboxylic acids is 1. The summed E-state index contributed by atoms with van der Waals surface area (Å²) in [5.41, 5.74) is 1.93. The average Bonchev–Trinajstić information content (AvgIpc) is 2.75. The number of oxime groups is 1. The summed E-state index contributed by atoms with van der Waals surface area (Å²) in [7, 11) is 0. The van der Waals surface area contributed by atoms with Crippen LogP contribution in [0.1, 0.15) is 17.2 Å². The van der Waals surface area contributed by atoms with Gasteiger partial charge < -0.3 is 14.9 Å². The van der Waals surface area contributed by atoms with E-state index >= 15 is 0 Å². The Bertz CT molecular complexity index is 470. The Hall–Kier alpha value is -2.04. The summed E-state index contributed by atoms with van der Waals surface area (Å²) in [6.07, 6.45) is 1.79. The van der Waals surface area contributed by atoms with Gasteiger partial charge in [-0.3, -0.25) is 0 Å². The highest BCUT2D eigenvalue weighted by Gasteiger charge is 2.28. The van der Waals surface area contributed by atoms with Crippen LogP contribution in [0.5, 0.6) is 5.75 Å². The second-order valence-electron chi connectivity index (χ2n) is 3.69. The molecule has 1 atom stereocenters. The van der Waals surface area contributed by atoms with Crippen LogP contribution >= 0.6 is 0 Å². The molecule has 2 aliphatic rings. The highest BCUT2D eigenvalue weighted by atomic mass is 16.6. The Morgan fingerprint density at radius 2 is 2.38 bits per heavy atom. The lowest BCUT2D eigenvalue weighted by molar-refractivity contribution is 0.139. The van der Waals surface area contributed by atoms with Gasteiger partial charge in [0.05, 0.1) is 6.54 Å². The van der Waals surface area contributed by atoms with Crippen LogP contribution in [0.4, 0.5) is 4.79 Å². The first-order valence-electron chi connectivity index (χ1n) is 5.10. The second-order valence-corrected chi connectivity index (χ2v) is 3.69. The number of amides is 1. The number of rotatable bonds is 1. The van der Waals surface area contributed by atoms with Crippen molar-refractivity contribution in [2.45, 2.75) is 12.5 Å². The van der Waals surface area contributed by atoms with Crippen molar-refractivity contribution >= 4 is 12.3 Å². The molecule has 5 nitrogen and oxygen atoms in total. The Morgan fingerprint density at radius 1 is 1.44 bits per heavy atom. The molecular formula is C11H10N2O3. The first-order valence-corrected chi connectivity index (χ1v) is 5.10. The van der Waals surface area contributed by atoms with E-state index < -0.39 is 0 Å². The van der Waals surface area contributed by atoms with Gasteiger partial charge in [0, 0.05) is 23.8 Å². The van der Waals surface area contributed by atoms with Gasteiger partial charge in [0.2, 0.25) is 0 Å². The molecule has 1 saturated heterocycles. The summed E-state index contributed by atoms with van der Waals surface area (Å²) in [4.78, 5) is 16.2. The van der Waals surface area contributed by atoms with Crippen LogP contribution in [-0.4, -0.2) is 18.9 Å². The largest absolute Gasteiger partial charge is 0.439 e. The van der Waals surface area contributed by atoms with E-state index in [1.165, 1.54) is 0 Å². The van der Waals surface area contributed by atoms with Crippen molar-refractivity contribution in [3.8, 4) is 5.75 Å². The number of alkyl carbamates (subject to hydrolysis) is 1. The van der Waals surface area contributed by atoms with Crippen LogP contribution in [0.3, 0.4) is 0 Å². The molecule has 1 unspecified atom stereocenters. The Morgan fingerprint density at radius 3 is 3.19 bits per heavy atom. The first kappa shape index (κ1) is 9.21. The number of benzene rings is 1. The molecule has 3 rings (SSSR count). The Labute approximate surface area is 92.0 Å². The molecule has 2 heterocycles. The van der Waals surface area contributed by atoms with Crippen LogP contribution in [0.2, 0.25) is 0 Å². The lowest BCUT2D eigenvalue weighted by atomic mass is 10.0. The maximum Gasteiger partial charge on any atom is 0.407 e. The predicted molar refractivity (Wildman–Crippen MR) is 56.5 cm³/mol. The van der Waals surface area contributed by atoms with Gasteiger partial charge in [-0.25, -0.2) is 4.79 Å². The summed E-state index contributed by atoms with van der Waals surface area (Å²) in [5.74, 6) is 0.714. The maximum absolute atomic E-state index is 11.0. The van der Waals surface area contributed by atoms with Gasteiger partial charge in [0.25, 0.3) is 0 Å². The minimum absolute atomic E-state index is 0.282. The molecule has 1 amide bonds. The molecular weight excluding hydrogens is 208 g/mol. The van der Waals surface area contributed by atoms with E-state index in [0.29, 0.717) is 12.3 Å². The number of carbonyl (C=O) groups is 1. The lowest BCUT2D eigenvalue weighted by Gasteiger charge is -2.16. The van der Waals surface area contributed by atoms with E-state index in [1.807, 2.05) is 18.2 Å². The highest BCUT2D eigenvalue weighted by molar-refractivity contribution is 5.70. The van der Waals surface area contributed by atoms with Gasteiger partial charge in [-0.15, -0.1) is 0 Å². The van der Waals surface area contributed by atoms with Crippen molar-refractivity contribution in [1.29, 1.82) is 0 Å². The van der Waals surface area contributed by atoms with Crippen molar-refractivity contribution < 1.29 is 14.4 Å². The van der Waals surface area contributed by atoms with E-state index in [1.54, 1.807) is 6.21 Å². The molecule has 0 aliphatic carbocycles. The van der Waals surface area contributed by atoms with Crippen molar-refractivity contribution in [1.82, 2.24) is 5.32 Å². The predicted octanol–water partition coefficient (Wildman–Crippen LogP) is 1.39. The Kier molecular flexibility index (Phi) is 2.02. The highest BCUT2D eigenvalue weighted by Crippen LogP contribution is 2.34. The lowest BCUT2D eigenvalue weighted by Crippen LogP contribution is -2.13. The van der Waals surface area contributed by atoms with E-state index in [2.05, 4.69) is 10.5 Å². The summed E-state index contributed by atoms with van der Waals surface area (Å²) >= 11 is 0. The third kappa shape index (κ3) is 1.41. The van der Waals surface area contributed by atoms with E-state index in [4.69, 9.17) is 9.57 Å². The molecule has 1 aromatic rings. The fourth-order valence-electron chi connectivity index (χ4n) is 1.92. The zero-order valence-electron chi connectivity index (χ0n) is 8.47. The number of nitrogens with one attached hydrogen (secondary N) is 1. The third-order valence-corrected chi connectivity index (χ3v) is 2.68. The van der Waals surface area contributed by atoms with E-state index in [-0.39, 0.29) is 12.2 Å². The van der Waals surface area contributed by atoms with Gasteiger partial charge >= 0.3 is 6.09 Å². The van der Waals surface area contributed by atoms with Gasteiger partial charge in [-0.1, -0.05) is 23.4 Å². The molecule has 16 heavy (non-hydrogen) atoms. The fourth-order valence-corrected chi connectivity index (χ4v) is 1.92. The summed E-state index contributed by atoms with van der Waals surface area (Å²) in [6.45, 7) is 0.475. The smallest absolute Gasteiger partial charge is 0.407 e. The van der Waals surface area contributed by atoms with Crippen molar-refractivity contribution in [3.63, 3.8) is 0 Å². The number of para-hydroxylation sites is 1. The second kappa shape index (κ2) is 3.52. The summed E-state index contributed by atoms with van der Waals surface area (Å²) in [5, 5.41) is 6.40. The molecule has 1 fully saturated rings. The molecule has 0 bridgehead atoms. The standard InChI is InChI=1S/C11H10N2O3/c14-11-12-6-9(15-11)8-3-1-2-7-4-5-13-16-10(7)8/h1-3,5,9H,4,6H2,(H,12,14). The van der Waals surface area contributed by atoms with Crippen LogP contribution < -0.4 is 10.2 Å². The number of ether oxygens (including phenoxy) is 1. The molecule has 1 N–H and O–H groups in total. The van der Waals surface area contributed by atoms with Crippen molar-refractivity contribution in [2.24, 2.45) is 5.16 Å². The molecule has 0 radical (unpaired) electrons. The van der Waals surface area contributed by atoms with Crippen LogP contribution in [0.25, 0.3) is 0 Å². The molecule has 5 heteroatoms. The normalized spacial score (nSPS) is 22.0. The maximum atomic E-state index is 11.0. The number of cyclic esters (lactones) is 1. The molecule has 2 aliphatic heterocycles. The van der Waals surface area contributed by atoms with Gasteiger partial charge in [-0.2, -0.15) is 0 Å². The topological polar surface area (TPSA) is 59.9 Å². The summed E-state index contributed by atoms with van der Waals surface area (Å²) < 4.78 is 5.13. The van der Waals surface area contributed by atoms with Crippen LogP contribution in [0.15, 0.2) is 23.4 Å². The minimum Gasteiger partial charge on any atom is -0.439 e. The number of nitrogens with zero attached hydrogens (tertiary/aromatic N) is 1.